The van der Waals surface area contributed by atoms with Gasteiger partial charge in [0.15, 0.2) is 18.0 Å². The number of aromatic nitrogens is 5. The van der Waals surface area contributed by atoms with Gasteiger partial charge in [-0.05, 0) is 19.9 Å². The van der Waals surface area contributed by atoms with Gasteiger partial charge >= 0.3 is 6.18 Å². The first-order valence-electron chi connectivity index (χ1n) is 7.79. The van der Waals surface area contributed by atoms with Gasteiger partial charge in [0.25, 0.3) is 0 Å². The number of nitrogens with two attached hydrogens (primary N) is 1. The molecule has 0 aromatic carbocycles. The van der Waals surface area contributed by atoms with Crippen LogP contribution < -0.4 is 10.5 Å². The van der Waals surface area contributed by atoms with Gasteiger partial charge in [-0.1, -0.05) is 0 Å². The van der Waals surface area contributed by atoms with Crippen LogP contribution in [-0.2, 0) is 4.74 Å². The SMILES string of the molecule is CCOC(C)n1cc(-c2ccn3nc(N)nc3c2OCC(F)(F)F)cn1. The van der Waals surface area contributed by atoms with Crippen molar-refractivity contribution in [2.24, 2.45) is 0 Å². The number of hydrogen-bond acceptors (Lipinski definition) is 6. The molecule has 0 aliphatic rings. The number of pyridine rings is 1. The minimum Gasteiger partial charge on any atom is -0.479 e. The zero-order valence-electron chi connectivity index (χ0n) is 14.1. The highest BCUT2D eigenvalue weighted by Gasteiger charge is 2.30. The van der Waals surface area contributed by atoms with Crippen LogP contribution in [0.2, 0.25) is 0 Å². The molecule has 0 spiro atoms. The maximum atomic E-state index is 12.6. The van der Waals surface area contributed by atoms with E-state index in [4.69, 9.17) is 15.2 Å². The van der Waals surface area contributed by atoms with Gasteiger partial charge in [-0.3, -0.25) is 0 Å². The summed E-state index contributed by atoms with van der Waals surface area (Å²) in [6, 6.07) is 1.57. The molecule has 11 heteroatoms. The Hall–Kier alpha value is -2.82. The van der Waals surface area contributed by atoms with Crippen LogP contribution in [0.1, 0.15) is 20.1 Å². The van der Waals surface area contributed by atoms with Crippen LogP contribution in [0, 0.1) is 0 Å². The number of alkyl halides is 3. The molecule has 3 rings (SSSR count). The second-order valence-corrected chi connectivity index (χ2v) is 5.46. The Balaban J connectivity index is 2.04. The predicted molar refractivity (Wildman–Crippen MR) is 86.5 cm³/mol. The van der Waals surface area contributed by atoms with Crippen LogP contribution in [0.5, 0.6) is 5.75 Å². The van der Waals surface area contributed by atoms with Crippen LogP contribution in [-0.4, -0.2) is 43.8 Å². The number of hydrogen-bond donors (Lipinski definition) is 1. The summed E-state index contributed by atoms with van der Waals surface area (Å²) >= 11 is 0. The maximum Gasteiger partial charge on any atom is 0.422 e. The molecule has 0 saturated carbocycles. The van der Waals surface area contributed by atoms with Gasteiger partial charge in [-0.2, -0.15) is 23.3 Å². The second-order valence-electron chi connectivity index (χ2n) is 5.46. The van der Waals surface area contributed by atoms with Crippen molar-refractivity contribution < 1.29 is 22.6 Å². The van der Waals surface area contributed by atoms with Crippen LogP contribution in [0.25, 0.3) is 16.8 Å². The summed E-state index contributed by atoms with van der Waals surface area (Å²) < 4.78 is 51.3. The minimum absolute atomic E-state index is 0.0697. The lowest BCUT2D eigenvalue weighted by molar-refractivity contribution is -0.153. The standard InChI is InChI=1S/C15H17F3N6O2/c1-3-25-9(2)24-7-10(6-20-24)11-4-5-23-13(21-14(19)22-23)12(11)26-8-15(16,17)18/h4-7,9H,3,8H2,1-2H3,(H2,19,22). The Morgan fingerprint density at radius 3 is 2.81 bits per heavy atom. The second kappa shape index (κ2) is 6.83. The molecule has 2 N–H and O–H groups in total. The first-order chi connectivity index (χ1) is 12.3. The summed E-state index contributed by atoms with van der Waals surface area (Å²) in [5, 5.41) is 8.08. The molecule has 140 valence electrons. The lowest BCUT2D eigenvalue weighted by atomic mass is 10.1. The van der Waals surface area contributed by atoms with E-state index in [9.17, 15) is 13.2 Å². The topological polar surface area (TPSA) is 92.5 Å². The van der Waals surface area contributed by atoms with Crippen molar-refractivity contribution in [2.75, 3.05) is 18.9 Å². The third kappa shape index (κ3) is 3.72. The smallest absolute Gasteiger partial charge is 0.422 e. The lowest BCUT2D eigenvalue weighted by Gasteiger charge is -2.13. The molecule has 3 heterocycles. The molecule has 3 aromatic rings. The number of nitrogen functional groups attached to an aromatic ring is 1. The minimum atomic E-state index is -4.50. The van der Waals surface area contributed by atoms with Gasteiger partial charge in [0, 0.05) is 30.1 Å². The fourth-order valence-electron chi connectivity index (χ4n) is 2.46. The highest BCUT2D eigenvalue weighted by atomic mass is 19.4. The van der Waals surface area contributed by atoms with Crippen molar-refractivity contribution in [3.8, 4) is 16.9 Å². The molecule has 0 radical (unpaired) electrons. The van der Waals surface area contributed by atoms with E-state index >= 15 is 0 Å². The number of halogens is 3. The summed E-state index contributed by atoms with van der Waals surface area (Å²) in [5.74, 6) is -0.141. The third-order valence-corrected chi connectivity index (χ3v) is 3.55. The summed E-state index contributed by atoms with van der Waals surface area (Å²) in [5.41, 5.74) is 6.59. The summed E-state index contributed by atoms with van der Waals surface area (Å²) in [6.07, 6.45) is -0.102. The number of nitrogens with zero attached hydrogens (tertiary/aromatic N) is 5. The van der Waals surface area contributed by atoms with Crippen molar-refractivity contribution in [1.29, 1.82) is 0 Å². The number of ether oxygens (including phenoxy) is 2. The molecule has 0 aliphatic heterocycles. The molecule has 3 aromatic heterocycles. The Morgan fingerprint density at radius 1 is 1.35 bits per heavy atom. The van der Waals surface area contributed by atoms with E-state index < -0.39 is 12.8 Å². The van der Waals surface area contributed by atoms with E-state index in [1.807, 2.05) is 13.8 Å². The molecule has 1 unspecified atom stereocenters. The van der Waals surface area contributed by atoms with Crippen LogP contribution in [0.4, 0.5) is 19.1 Å². The van der Waals surface area contributed by atoms with Gasteiger partial charge in [-0.25, -0.2) is 9.20 Å². The van der Waals surface area contributed by atoms with Gasteiger partial charge in [0.1, 0.15) is 6.23 Å². The predicted octanol–water partition coefficient (Wildman–Crippen LogP) is 2.67. The molecule has 0 fully saturated rings. The van der Waals surface area contributed by atoms with Gasteiger partial charge in [0.05, 0.1) is 6.20 Å². The molecular formula is C15H17F3N6O2. The maximum absolute atomic E-state index is 12.6. The van der Waals surface area contributed by atoms with Crippen molar-refractivity contribution in [2.45, 2.75) is 26.3 Å². The van der Waals surface area contributed by atoms with Gasteiger partial charge in [0.2, 0.25) is 5.95 Å². The quantitative estimate of drug-likeness (QED) is 0.717. The average Bonchev–Trinajstić information content (AvgIpc) is 3.17. The average molecular weight is 370 g/mol. The Kier molecular flexibility index (Phi) is 4.72. The fourth-order valence-corrected chi connectivity index (χ4v) is 2.46. The van der Waals surface area contributed by atoms with E-state index in [1.54, 1.807) is 16.9 Å². The van der Waals surface area contributed by atoms with Crippen LogP contribution in [0.15, 0.2) is 24.7 Å². The number of rotatable bonds is 6. The zero-order chi connectivity index (χ0) is 18.9. The largest absolute Gasteiger partial charge is 0.479 e. The van der Waals surface area contributed by atoms with Crippen molar-refractivity contribution in [3.05, 3.63) is 24.7 Å². The summed E-state index contributed by atoms with van der Waals surface area (Å²) in [4.78, 5) is 3.96. The molecule has 0 amide bonds. The Morgan fingerprint density at radius 2 is 2.12 bits per heavy atom. The lowest BCUT2D eigenvalue weighted by Crippen LogP contribution is -2.20. The fraction of sp³-hybridized carbons (Fsp3) is 0.400. The van der Waals surface area contributed by atoms with Crippen molar-refractivity contribution in [3.63, 3.8) is 0 Å². The molecule has 0 bridgehead atoms. The molecular weight excluding hydrogens is 353 g/mol. The van der Waals surface area contributed by atoms with Crippen molar-refractivity contribution in [1.82, 2.24) is 24.4 Å². The van der Waals surface area contributed by atoms with Crippen LogP contribution in [0.3, 0.4) is 0 Å². The Bertz CT molecular complexity index is 905. The summed E-state index contributed by atoms with van der Waals surface area (Å²) in [7, 11) is 0. The molecule has 8 nitrogen and oxygen atoms in total. The van der Waals surface area contributed by atoms with E-state index in [1.165, 1.54) is 16.9 Å². The molecule has 1 atom stereocenters. The third-order valence-electron chi connectivity index (χ3n) is 3.55. The van der Waals surface area contributed by atoms with Gasteiger partial charge < -0.3 is 15.2 Å². The number of fused-ring (bicyclic) bond motifs is 1. The highest BCUT2D eigenvalue weighted by molar-refractivity contribution is 5.77. The van der Waals surface area contributed by atoms with E-state index in [0.717, 1.165) is 0 Å². The first kappa shape index (κ1) is 18.0. The van der Waals surface area contributed by atoms with E-state index in [-0.39, 0.29) is 23.6 Å². The van der Waals surface area contributed by atoms with Gasteiger partial charge in [-0.15, -0.1) is 5.10 Å². The highest BCUT2D eigenvalue weighted by Crippen LogP contribution is 2.34. The Labute approximate surface area is 146 Å². The first-order valence-corrected chi connectivity index (χ1v) is 7.79. The van der Waals surface area contributed by atoms with Crippen LogP contribution >= 0.6 is 0 Å². The number of anilines is 1. The normalized spacial score (nSPS) is 13.3. The molecule has 0 aliphatic carbocycles. The van der Waals surface area contributed by atoms with E-state index in [0.29, 0.717) is 17.7 Å². The monoisotopic (exact) mass is 370 g/mol. The molecule has 0 saturated heterocycles. The summed E-state index contributed by atoms with van der Waals surface area (Å²) in [6.45, 7) is 2.70. The van der Waals surface area contributed by atoms with Crippen molar-refractivity contribution >= 4 is 11.6 Å². The molecule has 26 heavy (non-hydrogen) atoms. The zero-order valence-corrected chi connectivity index (χ0v) is 14.1. The van der Waals surface area contributed by atoms with E-state index in [2.05, 4.69) is 15.2 Å².